The minimum atomic E-state index is -1.05. The van der Waals surface area contributed by atoms with Crippen molar-refractivity contribution in [2.45, 2.75) is 45.1 Å². The van der Waals surface area contributed by atoms with Gasteiger partial charge in [-0.3, -0.25) is 0 Å². The standard InChI is InChI=1S/C11H22N2O4/c1-2-3-8-17-11(16)13-9(10(14)15)6-4-5-7-12/h9H,2-8,12H2,1H3,(H,13,16)(H,14,15)/t9-/m1/s1. The van der Waals surface area contributed by atoms with Crippen LogP contribution in [-0.2, 0) is 9.53 Å². The molecule has 100 valence electrons. The van der Waals surface area contributed by atoms with Gasteiger partial charge in [-0.25, -0.2) is 9.59 Å². The molecule has 0 fully saturated rings. The molecule has 0 aromatic heterocycles. The maximum atomic E-state index is 11.2. The van der Waals surface area contributed by atoms with Gasteiger partial charge in [0.05, 0.1) is 6.61 Å². The summed E-state index contributed by atoms with van der Waals surface area (Å²) >= 11 is 0. The van der Waals surface area contributed by atoms with Crippen LogP contribution in [0, 0.1) is 0 Å². The van der Waals surface area contributed by atoms with Crippen molar-refractivity contribution >= 4 is 12.1 Å². The zero-order valence-corrected chi connectivity index (χ0v) is 10.3. The molecule has 0 aromatic carbocycles. The Labute approximate surface area is 102 Å². The van der Waals surface area contributed by atoms with E-state index in [2.05, 4.69) is 5.32 Å². The monoisotopic (exact) mass is 246 g/mol. The fraction of sp³-hybridized carbons (Fsp3) is 0.818. The second kappa shape index (κ2) is 9.89. The number of carbonyl (C=O) groups is 2. The molecule has 0 saturated carbocycles. The smallest absolute Gasteiger partial charge is 0.407 e. The van der Waals surface area contributed by atoms with E-state index in [1.165, 1.54) is 0 Å². The fourth-order valence-electron chi connectivity index (χ4n) is 1.24. The van der Waals surface area contributed by atoms with Crippen molar-refractivity contribution in [3.8, 4) is 0 Å². The highest BCUT2D eigenvalue weighted by atomic mass is 16.5. The Hall–Kier alpha value is -1.30. The van der Waals surface area contributed by atoms with E-state index < -0.39 is 18.1 Å². The molecule has 0 saturated heterocycles. The van der Waals surface area contributed by atoms with E-state index in [1.807, 2.05) is 6.92 Å². The van der Waals surface area contributed by atoms with Crippen molar-refractivity contribution < 1.29 is 19.4 Å². The number of nitrogens with two attached hydrogens (primary N) is 1. The molecule has 4 N–H and O–H groups in total. The predicted molar refractivity (Wildman–Crippen MR) is 63.7 cm³/mol. The third kappa shape index (κ3) is 8.50. The van der Waals surface area contributed by atoms with Crippen molar-refractivity contribution in [3.05, 3.63) is 0 Å². The molecule has 0 heterocycles. The summed E-state index contributed by atoms with van der Waals surface area (Å²) in [7, 11) is 0. The van der Waals surface area contributed by atoms with E-state index in [0.29, 0.717) is 26.0 Å². The van der Waals surface area contributed by atoms with Gasteiger partial charge in [-0.2, -0.15) is 0 Å². The van der Waals surface area contributed by atoms with Crippen LogP contribution >= 0.6 is 0 Å². The van der Waals surface area contributed by atoms with Gasteiger partial charge in [-0.15, -0.1) is 0 Å². The Bertz CT molecular complexity index is 234. The van der Waals surface area contributed by atoms with Crippen LogP contribution in [0.4, 0.5) is 4.79 Å². The summed E-state index contributed by atoms with van der Waals surface area (Å²) in [5.74, 6) is -1.05. The fourth-order valence-corrected chi connectivity index (χ4v) is 1.24. The molecule has 0 spiro atoms. The van der Waals surface area contributed by atoms with Crippen molar-refractivity contribution in [1.82, 2.24) is 5.32 Å². The van der Waals surface area contributed by atoms with Gasteiger partial charge in [0.2, 0.25) is 0 Å². The summed E-state index contributed by atoms with van der Waals surface area (Å²) in [6, 6.07) is -0.893. The predicted octanol–water partition coefficient (Wildman–Crippen LogP) is 1.09. The summed E-state index contributed by atoms with van der Waals surface area (Å²) in [6.07, 6.45) is 2.82. The topological polar surface area (TPSA) is 102 Å². The number of nitrogens with one attached hydrogen (secondary N) is 1. The number of carboxylic acid groups (broad SMARTS) is 1. The first-order valence-electron chi connectivity index (χ1n) is 5.98. The van der Waals surface area contributed by atoms with Crippen molar-refractivity contribution in [2.24, 2.45) is 5.73 Å². The Morgan fingerprint density at radius 1 is 1.35 bits per heavy atom. The van der Waals surface area contributed by atoms with E-state index >= 15 is 0 Å². The molecule has 0 aliphatic rings. The first kappa shape index (κ1) is 15.7. The minimum Gasteiger partial charge on any atom is -0.480 e. The highest BCUT2D eigenvalue weighted by Crippen LogP contribution is 2.01. The van der Waals surface area contributed by atoms with E-state index in [0.717, 1.165) is 19.3 Å². The summed E-state index contributed by atoms with van der Waals surface area (Å²) in [5, 5.41) is 11.2. The largest absolute Gasteiger partial charge is 0.480 e. The summed E-state index contributed by atoms with van der Waals surface area (Å²) in [4.78, 5) is 22.1. The number of amides is 1. The van der Waals surface area contributed by atoms with E-state index in [9.17, 15) is 9.59 Å². The lowest BCUT2D eigenvalue weighted by atomic mass is 10.1. The summed E-state index contributed by atoms with van der Waals surface area (Å²) < 4.78 is 4.83. The molecular formula is C11H22N2O4. The van der Waals surface area contributed by atoms with Crippen LogP contribution in [0.15, 0.2) is 0 Å². The number of carbonyl (C=O) groups excluding carboxylic acids is 1. The van der Waals surface area contributed by atoms with Crippen LogP contribution in [0.3, 0.4) is 0 Å². The van der Waals surface area contributed by atoms with E-state index in [1.54, 1.807) is 0 Å². The number of unbranched alkanes of at least 4 members (excludes halogenated alkanes) is 2. The third-order valence-electron chi connectivity index (χ3n) is 2.27. The Morgan fingerprint density at radius 3 is 2.59 bits per heavy atom. The molecule has 0 rings (SSSR count). The number of aliphatic carboxylic acids is 1. The second-order valence-corrected chi connectivity index (χ2v) is 3.81. The van der Waals surface area contributed by atoms with Crippen LogP contribution in [0.25, 0.3) is 0 Å². The number of carboxylic acids is 1. The van der Waals surface area contributed by atoms with Gasteiger partial charge in [-0.1, -0.05) is 13.3 Å². The summed E-state index contributed by atoms with van der Waals surface area (Å²) in [6.45, 7) is 2.82. The lowest BCUT2D eigenvalue weighted by molar-refractivity contribution is -0.139. The molecular weight excluding hydrogens is 224 g/mol. The normalized spacial score (nSPS) is 11.9. The van der Waals surface area contributed by atoms with Gasteiger partial charge in [0.25, 0.3) is 0 Å². The molecule has 0 aliphatic heterocycles. The zero-order chi connectivity index (χ0) is 13.1. The highest BCUT2D eigenvalue weighted by molar-refractivity contribution is 5.79. The van der Waals surface area contributed by atoms with Crippen LogP contribution in [0.5, 0.6) is 0 Å². The molecule has 0 aromatic rings. The molecule has 0 aliphatic carbocycles. The molecule has 6 heteroatoms. The van der Waals surface area contributed by atoms with Gasteiger partial charge >= 0.3 is 12.1 Å². The van der Waals surface area contributed by atoms with Gasteiger partial charge in [-0.05, 0) is 32.2 Å². The van der Waals surface area contributed by atoms with Gasteiger partial charge < -0.3 is 20.9 Å². The highest BCUT2D eigenvalue weighted by Gasteiger charge is 2.19. The van der Waals surface area contributed by atoms with Crippen molar-refractivity contribution in [1.29, 1.82) is 0 Å². The van der Waals surface area contributed by atoms with Crippen LogP contribution in [0.2, 0.25) is 0 Å². The van der Waals surface area contributed by atoms with Gasteiger partial charge in [0, 0.05) is 0 Å². The molecule has 1 atom stereocenters. The lowest BCUT2D eigenvalue weighted by Gasteiger charge is -2.14. The average Bonchev–Trinajstić information content (AvgIpc) is 2.28. The van der Waals surface area contributed by atoms with Gasteiger partial charge in [0.15, 0.2) is 0 Å². The second-order valence-electron chi connectivity index (χ2n) is 3.81. The SMILES string of the molecule is CCCCOC(=O)N[C@H](CCCCN)C(=O)O. The molecule has 0 unspecified atom stereocenters. The maximum Gasteiger partial charge on any atom is 0.407 e. The van der Waals surface area contributed by atoms with Crippen LogP contribution in [0.1, 0.15) is 39.0 Å². The van der Waals surface area contributed by atoms with Crippen molar-refractivity contribution in [3.63, 3.8) is 0 Å². The van der Waals surface area contributed by atoms with Crippen LogP contribution in [-0.4, -0.2) is 36.4 Å². The number of ether oxygens (including phenoxy) is 1. The number of hydrogen-bond acceptors (Lipinski definition) is 4. The number of alkyl carbamates (subject to hydrolysis) is 1. The Kier molecular flexibility index (Phi) is 9.14. The first-order valence-corrected chi connectivity index (χ1v) is 5.98. The molecule has 0 radical (unpaired) electrons. The van der Waals surface area contributed by atoms with Crippen molar-refractivity contribution in [2.75, 3.05) is 13.2 Å². The summed E-state index contributed by atoms with van der Waals surface area (Å²) in [5.41, 5.74) is 5.31. The molecule has 0 bridgehead atoms. The quantitative estimate of drug-likeness (QED) is 0.529. The zero-order valence-electron chi connectivity index (χ0n) is 10.3. The number of rotatable bonds is 9. The van der Waals surface area contributed by atoms with E-state index in [-0.39, 0.29) is 0 Å². The third-order valence-corrected chi connectivity index (χ3v) is 2.27. The van der Waals surface area contributed by atoms with Gasteiger partial charge in [0.1, 0.15) is 6.04 Å². The molecule has 17 heavy (non-hydrogen) atoms. The average molecular weight is 246 g/mol. The van der Waals surface area contributed by atoms with Crippen LogP contribution < -0.4 is 11.1 Å². The Balaban J connectivity index is 3.89. The maximum absolute atomic E-state index is 11.2. The minimum absolute atomic E-state index is 0.317. The molecule has 6 nitrogen and oxygen atoms in total. The Morgan fingerprint density at radius 2 is 2.06 bits per heavy atom. The lowest BCUT2D eigenvalue weighted by Crippen LogP contribution is -2.41. The van der Waals surface area contributed by atoms with E-state index in [4.69, 9.17) is 15.6 Å². The first-order chi connectivity index (χ1) is 8.11. The molecule has 1 amide bonds. The number of hydrogen-bond donors (Lipinski definition) is 3.